The van der Waals surface area contributed by atoms with Crippen molar-refractivity contribution >= 4 is 11.9 Å². The van der Waals surface area contributed by atoms with Gasteiger partial charge in [0.2, 0.25) is 0 Å². The summed E-state index contributed by atoms with van der Waals surface area (Å²) < 4.78 is 5.80. The van der Waals surface area contributed by atoms with Gasteiger partial charge in [0.15, 0.2) is 5.78 Å². The number of unbranched alkanes of at least 4 members (excludes halogenated alkanes) is 7. The second-order valence-electron chi connectivity index (χ2n) is 7.23. The number of para-hydroxylation sites is 1. The normalized spacial score (nSPS) is 11.1. The molecule has 2 rings (SSSR count). The molecule has 0 heterocycles. The Bertz CT molecular complexity index is 795. The fraction of sp³-hybridized carbons (Fsp3) is 0.400. The summed E-state index contributed by atoms with van der Waals surface area (Å²) in [5.41, 5.74) is 0.691. The molecule has 2 aromatic rings. The van der Waals surface area contributed by atoms with Crippen LogP contribution in [0.5, 0.6) is 17.2 Å². The van der Waals surface area contributed by atoms with Crippen molar-refractivity contribution in [1.29, 1.82) is 0 Å². The molecule has 2 N–H and O–H groups in total. The first-order valence-corrected chi connectivity index (χ1v) is 10.6. The monoisotopic (exact) mass is 396 g/mol. The molecule has 4 heteroatoms. The van der Waals surface area contributed by atoms with Crippen LogP contribution in [0.4, 0.5) is 0 Å². The van der Waals surface area contributed by atoms with Crippen LogP contribution < -0.4 is 4.74 Å². The molecule has 156 valence electrons. The summed E-state index contributed by atoms with van der Waals surface area (Å²) in [6.07, 6.45) is 12.5. The fourth-order valence-corrected chi connectivity index (χ4v) is 3.18. The molecule has 0 unspecified atom stereocenters. The van der Waals surface area contributed by atoms with Crippen LogP contribution in [-0.2, 0) is 0 Å². The highest BCUT2D eigenvalue weighted by Crippen LogP contribution is 2.29. The molecule has 0 aliphatic heterocycles. The quantitative estimate of drug-likeness (QED) is 0.230. The van der Waals surface area contributed by atoms with Crippen LogP contribution >= 0.6 is 0 Å². The standard InChI is InChI=1S/C25H32O4/c1-2-3-4-5-6-7-8-11-19-29-24-16-12-15-22(27)25(24)23(28)18-17-20-13-9-10-14-21(20)26/h9-10,12-18,26-27H,2-8,11,19H2,1H3/b18-17+. The second-order valence-corrected chi connectivity index (χ2v) is 7.23. The predicted octanol–water partition coefficient (Wildman–Crippen LogP) is 6.51. The molecule has 2 aromatic carbocycles. The molecule has 0 aliphatic rings. The number of benzene rings is 2. The molecule has 0 aromatic heterocycles. The molecule has 0 spiro atoms. The van der Waals surface area contributed by atoms with E-state index in [0.29, 0.717) is 17.9 Å². The molecule has 0 atom stereocenters. The van der Waals surface area contributed by atoms with Crippen LogP contribution in [-0.4, -0.2) is 22.6 Å². The Morgan fingerprint density at radius 3 is 2.24 bits per heavy atom. The SMILES string of the molecule is CCCCCCCCCCOc1cccc(O)c1C(=O)/C=C/c1ccccc1O. The van der Waals surface area contributed by atoms with Gasteiger partial charge in [0.25, 0.3) is 0 Å². The number of hydrogen-bond donors (Lipinski definition) is 2. The predicted molar refractivity (Wildman–Crippen MR) is 118 cm³/mol. The lowest BCUT2D eigenvalue weighted by Gasteiger charge is -2.11. The number of phenols is 2. The number of phenolic OH excluding ortho intramolecular Hbond substituents is 2. The van der Waals surface area contributed by atoms with Crippen molar-refractivity contribution in [2.45, 2.75) is 58.3 Å². The molecule has 4 nitrogen and oxygen atoms in total. The number of rotatable bonds is 13. The minimum Gasteiger partial charge on any atom is -0.507 e. The molecule has 0 bridgehead atoms. The van der Waals surface area contributed by atoms with Gasteiger partial charge in [0.05, 0.1) is 6.61 Å². The van der Waals surface area contributed by atoms with Crippen molar-refractivity contribution in [3.63, 3.8) is 0 Å². The third-order valence-corrected chi connectivity index (χ3v) is 4.86. The lowest BCUT2D eigenvalue weighted by Crippen LogP contribution is -2.04. The van der Waals surface area contributed by atoms with Gasteiger partial charge in [-0.1, -0.05) is 76.1 Å². The molecule has 0 radical (unpaired) electrons. The largest absolute Gasteiger partial charge is 0.507 e. The third-order valence-electron chi connectivity index (χ3n) is 4.86. The van der Waals surface area contributed by atoms with Crippen LogP contribution in [0.15, 0.2) is 48.5 Å². The van der Waals surface area contributed by atoms with E-state index >= 15 is 0 Å². The van der Waals surface area contributed by atoms with E-state index in [2.05, 4.69) is 6.92 Å². The van der Waals surface area contributed by atoms with Crippen molar-refractivity contribution in [2.24, 2.45) is 0 Å². The van der Waals surface area contributed by atoms with E-state index in [1.54, 1.807) is 36.4 Å². The van der Waals surface area contributed by atoms with Crippen molar-refractivity contribution in [3.05, 3.63) is 59.7 Å². The van der Waals surface area contributed by atoms with Gasteiger partial charge in [-0.05, 0) is 36.8 Å². The number of ketones is 1. The molecule has 0 aliphatic carbocycles. The van der Waals surface area contributed by atoms with Crippen molar-refractivity contribution in [2.75, 3.05) is 6.61 Å². The van der Waals surface area contributed by atoms with Gasteiger partial charge >= 0.3 is 0 Å². The van der Waals surface area contributed by atoms with E-state index in [1.807, 2.05) is 0 Å². The highest BCUT2D eigenvalue weighted by molar-refractivity contribution is 6.10. The Morgan fingerprint density at radius 2 is 1.52 bits per heavy atom. The van der Waals surface area contributed by atoms with Crippen LogP contribution in [0, 0.1) is 0 Å². The van der Waals surface area contributed by atoms with Crippen LogP contribution in [0.3, 0.4) is 0 Å². The number of carbonyl (C=O) groups is 1. The van der Waals surface area contributed by atoms with Gasteiger partial charge in [-0.3, -0.25) is 4.79 Å². The van der Waals surface area contributed by atoms with Crippen molar-refractivity contribution in [1.82, 2.24) is 0 Å². The van der Waals surface area contributed by atoms with Crippen molar-refractivity contribution < 1.29 is 19.7 Å². The van der Waals surface area contributed by atoms with Crippen LogP contribution in [0.1, 0.15) is 74.2 Å². The zero-order valence-corrected chi connectivity index (χ0v) is 17.3. The maximum Gasteiger partial charge on any atom is 0.193 e. The molecule has 0 amide bonds. The van der Waals surface area contributed by atoms with Gasteiger partial charge in [-0.2, -0.15) is 0 Å². The maximum absolute atomic E-state index is 12.6. The van der Waals surface area contributed by atoms with E-state index in [0.717, 1.165) is 12.8 Å². The molecule has 0 saturated heterocycles. The zero-order valence-electron chi connectivity index (χ0n) is 17.3. The average molecular weight is 397 g/mol. The molecular weight excluding hydrogens is 364 g/mol. The fourth-order valence-electron chi connectivity index (χ4n) is 3.18. The molecule has 0 saturated carbocycles. The number of allylic oxidation sites excluding steroid dienone is 1. The van der Waals surface area contributed by atoms with E-state index in [9.17, 15) is 15.0 Å². The first-order chi connectivity index (χ1) is 14.1. The van der Waals surface area contributed by atoms with Crippen LogP contribution in [0.25, 0.3) is 6.08 Å². The Kier molecular flexibility index (Phi) is 9.84. The highest BCUT2D eigenvalue weighted by atomic mass is 16.5. The number of ether oxygens (including phenoxy) is 1. The summed E-state index contributed by atoms with van der Waals surface area (Å²) in [7, 11) is 0. The van der Waals surface area contributed by atoms with Crippen LogP contribution in [0.2, 0.25) is 0 Å². The molecule has 0 fully saturated rings. The second kappa shape index (κ2) is 12.7. The number of carbonyl (C=O) groups excluding carboxylic acids is 1. The summed E-state index contributed by atoms with van der Waals surface area (Å²) in [4.78, 5) is 12.6. The average Bonchev–Trinajstić information content (AvgIpc) is 2.72. The summed E-state index contributed by atoms with van der Waals surface area (Å²) in [6.45, 7) is 2.74. The van der Waals surface area contributed by atoms with E-state index < -0.39 is 0 Å². The minimum atomic E-state index is -0.364. The summed E-state index contributed by atoms with van der Waals surface area (Å²) in [6, 6.07) is 11.6. The number of aromatic hydroxyl groups is 2. The van der Waals surface area contributed by atoms with Gasteiger partial charge in [-0.15, -0.1) is 0 Å². The number of hydrogen-bond acceptors (Lipinski definition) is 4. The lowest BCUT2D eigenvalue weighted by molar-refractivity contribution is 0.104. The summed E-state index contributed by atoms with van der Waals surface area (Å²) >= 11 is 0. The highest BCUT2D eigenvalue weighted by Gasteiger charge is 2.15. The van der Waals surface area contributed by atoms with E-state index in [-0.39, 0.29) is 22.8 Å². The smallest absolute Gasteiger partial charge is 0.193 e. The first kappa shape index (κ1) is 22.5. The van der Waals surface area contributed by atoms with Gasteiger partial charge in [-0.25, -0.2) is 0 Å². The Labute approximate surface area is 173 Å². The zero-order chi connectivity index (χ0) is 20.9. The summed E-state index contributed by atoms with van der Waals surface area (Å²) in [5.74, 6) is 0.0162. The molecule has 29 heavy (non-hydrogen) atoms. The maximum atomic E-state index is 12.6. The Morgan fingerprint density at radius 1 is 0.862 bits per heavy atom. The minimum absolute atomic E-state index is 0.0972. The Hall–Kier alpha value is -2.75. The Balaban J connectivity index is 1.88. The van der Waals surface area contributed by atoms with Gasteiger partial charge in [0, 0.05) is 5.56 Å². The summed E-state index contributed by atoms with van der Waals surface area (Å²) in [5, 5.41) is 20.0. The van der Waals surface area contributed by atoms with Gasteiger partial charge in [0.1, 0.15) is 22.8 Å². The molecular formula is C25H32O4. The lowest BCUT2D eigenvalue weighted by atomic mass is 10.1. The topological polar surface area (TPSA) is 66.8 Å². The van der Waals surface area contributed by atoms with E-state index in [1.165, 1.54) is 56.7 Å². The third kappa shape index (κ3) is 7.65. The van der Waals surface area contributed by atoms with Crippen molar-refractivity contribution in [3.8, 4) is 17.2 Å². The van der Waals surface area contributed by atoms with E-state index in [4.69, 9.17) is 4.74 Å². The first-order valence-electron chi connectivity index (χ1n) is 10.6. The van der Waals surface area contributed by atoms with Gasteiger partial charge < -0.3 is 14.9 Å².